The van der Waals surface area contributed by atoms with Gasteiger partial charge < -0.3 is 10.1 Å². The van der Waals surface area contributed by atoms with E-state index >= 15 is 0 Å². The van der Waals surface area contributed by atoms with Crippen LogP contribution in [0.15, 0.2) is 42.5 Å². The molecule has 0 amide bonds. The molecule has 0 radical (unpaired) electrons. The predicted molar refractivity (Wildman–Crippen MR) is 91.9 cm³/mol. The number of nitrogens with one attached hydrogen (secondary N) is 1. The average molecular weight is 359 g/mol. The minimum Gasteiger partial charge on any atom is -0.473 e. The van der Waals surface area contributed by atoms with E-state index in [9.17, 15) is 13.2 Å². The lowest BCUT2D eigenvalue weighted by atomic mass is 10.2. The number of benzene rings is 2. The molecule has 2 aromatic carbocycles. The molecule has 0 fully saturated rings. The van der Waals surface area contributed by atoms with Crippen molar-refractivity contribution in [2.75, 3.05) is 5.32 Å². The SMILES string of the molecule is Cc1cc(OCc2cc(F)ccc2F)nc(Nc2ccc(F)c(C)c2)n1. The molecule has 0 bridgehead atoms. The Bertz CT molecular complexity index is 947. The number of rotatable bonds is 5. The van der Waals surface area contributed by atoms with Gasteiger partial charge in [0, 0.05) is 23.0 Å². The second-order valence-corrected chi connectivity index (χ2v) is 5.78. The lowest BCUT2D eigenvalue weighted by molar-refractivity contribution is 0.287. The zero-order valence-corrected chi connectivity index (χ0v) is 14.2. The summed E-state index contributed by atoms with van der Waals surface area (Å²) in [6.07, 6.45) is 0. The smallest absolute Gasteiger partial charge is 0.230 e. The fourth-order valence-corrected chi connectivity index (χ4v) is 2.33. The normalized spacial score (nSPS) is 10.7. The van der Waals surface area contributed by atoms with Crippen molar-refractivity contribution in [3.05, 3.63) is 76.7 Å². The van der Waals surface area contributed by atoms with E-state index in [1.807, 2.05) is 0 Å². The topological polar surface area (TPSA) is 47.0 Å². The Kier molecular flexibility index (Phi) is 5.06. The first-order valence-electron chi connectivity index (χ1n) is 7.86. The van der Waals surface area contributed by atoms with Crippen molar-refractivity contribution in [2.45, 2.75) is 20.5 Å². The van der Waals surface area contributed by atoms with Crippen molar-refractivity contribution in [1.29, 1.82) is 0 Å². The van der Waals surface area contributed by atoms with Crippen molar-refractivity contribution in [1.82, 2.24) is 9.97 Å². The van der Waals surface area contributed by atoms with Crippen LogP contribution in [0.4, 0.5) is 24.8 Å². The summed E-state index contributed by atoms with van der Waals surface area (Å²) in [5.74, 6) is -0.940. The third-order valence-corrected chi connectivity index (χ3v) is 3.63. The Morgan fingerprint density at radius 3 is 2.46 bits per heavy atom. The number of ether oxygens (including phenoxy) is 1. The van der Waals surface area contributed by atoms with Crippen molar-refractivity contribution >= 4 is 11.6 Å². The zero-order valence-electron chi connectivity index (χ0n) is 14.2. The molecular weight excluding hydrogens is 343 g/mol. The minimum atomic E-state index is -0.558. The van der Waals surface area contributed by atoms with Gasteiger partial charge in [-0.1, -0.05) is 0 Å². The third-order valence-electron chi connectivity index (χ3n) is 3.63. The number of halogens is 3. The summed E-state index contributed by atoms with van der Waals surface area (Å²) in [4.78, 5) is 8.43. The summed E-state index contributed by atoms with van der Waals surface area (Å²) in [6.45, 7) is 3.23. The number of hydrogen-bond acceptors (Lipinski definition) is 4. The average Bonchev–Trinajstić information content (AvgIpc) is 2.58. The van der Waals surface area contributed by atoms with Crippen molar-refractivity contribution in [3.63, 3.8) is 0 Å². The summed E-state index contributed by atoms with van der Waals surface area (Å²) in [5, 5.41) is 2.97. The van der Waals surface area contributed by atoms with Gasteiger partial charge >= 0.3 is 0 Å². The van der Waals surface area contributed by atoms with Gasteiger partial charge in [-0.3, -0.25) is 0 Å². The van der Waals surface area contributed by atoms with Crippen LogP contribution in [0.5, 0.6) is 5.88 Å². The van der Waals surface area contributed by atoms with E-state index < -0.39 is 11.6 Å². The number of aryl methyl sites for hydroxylation is 2. The molecule has 0 saturated heterocycles. The molecule has 26 heavy (non-hydrogen) atoms. The molecule has 0 aliphatic heterocycles. The molecule has 4 nitrogen and oxygen atoms in total. The first-order valence-corrected chi connectivity index (χ1v) is 7.86. The van der Waals surface area contributed by atoms with Crippen LogP contribution in [0.2, 0.25) is 0 Å². The van der Waals surface area contributed by atoms with E-state index in [0.717, 1.165) is 18.2 Å². The number of nitrogens with zero attached hydrogens (tertiary/aromatic N) is 2. The van der Waals surface area contributed by atoms with Crippen LogP contribution < -0.4 is 10.1 Å². The van der Waals surface area contributed by atoms with Gasteiger partial charge in [0.25, 0.3) is 0 Å². The monoisotopic (exact) mass is 359 g/mol. The van der Waals surface area contributed by atoms with Crippen molar-refractivity contribution in [2.24, 2.45) is 0 Å². The Labute approximate surface area is 148 Å². The molecule has 3 aromatic rings. The van der Waals surface area contributed by atoms with E-state index in [2.05, 4.69) is 15.3 Å². The fraction of sp³-hybridized carbons (Fsp3) is 0.158. The van der Waals surface area contributed by atoms with Gasteiger partial charge in [-0.2, -0.15) is 4.98 Å². The Hall–Kier alpha value is -3.09. The molecule has 0 atom stereocenters. The summed E-state index contributed by atoms with van der Waals surface area (Å²) in [5.41, 5.74) is 1.82. The van der Waals surface area contributed by atoms with Gasteiger partial charge in [0.2, 0.25) is 11.8 Å². The first kappa shape index (κ1) is 17.7. The highest BCUT2D eigenvalue weighted by atomic mass is 19.1. The molecule has 1 aromatic heterocycles. The van der Waals surface area contributed by atoms with Crippen LogP contribution in [0, 0.1) is 31.3 Å². The molecule has 0 aliphatic carbocycles. The lowest BCUT2D eigenvalue weighted by Gasteiger charge is -2.10. The number of aromatic nitrogens is 2. The van der Waals surface area contributed by atoms with Gasteiger partial charge in [-0.25, -0.2) is 18.2 Å². The van der Waals surface area contributed by atoms with E-state index in [-0.39, 0.29) is 29.8 Å². The number of anilines is 2. The third kappa shape index (κ3) is 4.30. The molecule has 0 spiro atoms. The first-order chi connectivity index (χ1) is 12.4. The summed E-state index contributed by atoms with van der Waals surface area (Å²) >= 11 is 0. The summed E-state index contributed by atoms with van der Waals surface area (Å²) < 4.78 is 45.7. The van der Waals surface area contributed by atoms with Gasteiger partial charge in [0.05, 0.1) is 0 Å². The van der Waals surface area contributed by atoms with Crippen LogP contribution in [0.3, 0.4) is 0 Å². The van der Waals surface area contributed by atoms with E-state index in [1.54, 1.807) is 32.0 Å². The molecule has 3 rings (SSSR count). The van der Waals surface area contributed by atoms with E-state index in [1.165, 1.54) is 6.07 Å². The molecule has 1 heterocycles. The van der Waals surface area contributed by atoms with Crippen LogP contribution in [0.1, 0.15) is 16.8 Å². The lowest BCUT2D eigenvalue weighted by Crippen LogP contribution is -2.04. The minimum absolute atomic E-state index is 0.0879. The largest absolute Gasteiger partial charge is 0.473 e. The maximum Gasteiger partial charge on any atom is 0.230 e. The summed E-state index contributed by atoms with van der Waals surface area (Å²) in [6, 6.07) is 9.28. The van der Waals surface area contributed by atoms with Crippen LogP contribution >= 0.6 is 0 Å². The maximum atomic E-state index is 13.7. The highest BCUT2D eigenvalue weighted by Gasteiger charge is 2.08. The van der Waals surface area contributed by atoms with E-state index in [0.29, 0.717) is 16.9 Å². The molecule has 134 valence electrons. The second-order valence-electron chi connectivity index (χ2n) is 5.78. The molecule has 1 N–H and O–H groups in total. The quantitative estimate of drug-likeness (QED) is 0.709. The Morgan fingerprint density at radius 1 is 0.923 bits per heavy atom. The molecule has 0 aliphatic rings. The van der Waals surface area contributed by atoms with E-state index in [4.69, 9.17) is 4.74 Å². The van der Waals surface area contributed by atoms with Crippen LogP contribution in [-0.4, -0.2) is 9.97 Å². The highest BCUT2D eigenvalue weighted by Crippen LogP contribution is 2.20. The standard InChI is InChI=1S/C19H16F3N3O/c1-11-7-15(4-6-16(11)21)24-19-23-12(2)8-18(25-19)26-10-13-9-14(20)3-5-17(13)22/h3-9H,10H2,1-2H3,(H,23,24,25). The Morgan fingerprint density at radius 2 is 1.69 bits per heavy atom. The van der Waals surface area contributed by atoms with Gasteiger partial charge in [-0.05, 0) is 55.8 Å². The molecule has 0 unspecified atom stereocenters. The summed E-state index contributed by atoms with van der Waals surface area (Å²) in [7, 11) is 0. The number of hydrogen-bond donors (Lipinski definition) is 1. The molecular formula is C19H16F3N3O. The van der Waals surface area contributed by atoms with Crippen LogP contribution in [0.25, 0.3) is 0 Å². The zero-order chi connectivity index (χ0) is 18.7. The molecule has 0 saturated carbocycles. The van der Waals surface area contributed by atoms with Crippen molar-refractivity contribution < 1.29 is 17.9 Å². The maximum absolute atomic E-state index is 13.7. The second kappa shape index (κ2) is 7.43. The van der Waals surface area contributed by atoms with Crippen LogP contribution in [-0.2, 0) is 6.61 Å². The molecule has 7 heteroatoms. The van der Waals surface area contributed by atoms with Gasteiger partial charge in [0.15, 0.2) is 0 Å². The fourth-order valence-electron chi connectivity index (χ4n) is 2.33. The predicted octanol–water partition coefficient (Wildman–Crippen LogP) is 4.83. The van der Waals surface area contributed by atoms with Gasteiger partial charge in [0.1, 0.15) is 24.1 Å². The van der Waals surface area contributed by atoms with Gasteiger partial charge in [-0.15, -0.1) is 0 Å². The highest BCUT2D eigenvalue weighted by molar-refractivity contribution is 5.55. The van der Waals surface area contributed by atoms with Crippen molar-refractivity contribution in [3.8, 4) is 5.88 Å². The Balaban J connectivity index is 1.76.